The second-order valence-electron chi connectivity index (χ2n) is 0.233. The second kappa shape index (κ2) is 9.92. The Kier molecular flexibility index (Phi) is 15.2. The normalized spacial score (nSPS) is 8.14. The summed E-state index contributed by atoms with van der Waals surface area (Å²) in [4.78, 5) is 8.11. The molecule has 0 aromatic carbocycles. The summed E-state index contributed by atoms with van der Waals surface area (Å²) >= 11 is -1.33. The molecule has 0 aliphatic heterocycles. The number of hydrogen-bond acceptors (Lipinski definition) is 2. The number of nitrogens with zero attached hydrogens (tertiary/aromatic N) is 1. The van der Waals surface area contributed by atoms with Gasteiger partial charge in [-0.1, -0.05) is 0 Å². The quantitative estimate of drug-likeness (QED) is 0.378. The van der Waals surface area contributed by atoms with Crippen molar-refractivity contribution in [3.05, 3.63) is 4.91 Å². The van der Waals surface area contributed by atoms with Crippen LogP contribution in [0.4, 0.5) is 0 Å². The van der Waals surface area contributed by atoms with E-state index in [9.17, 15) is 0 Å². The Morgan fingerprint density at radius 2 is 1.43 bits per heavy atom. The van der Waals surface area contributed by atoms with E-state index in [2.05, 4.69) is 0 Å². The van der Waals surface area contributed by atoms with Gasteiger partial charge in [-0.3, -0.25) is 0 Å². The van der Waals surface area contributed by atoms with E-state index in [0.717, 1.165) is 0 Å². The average molecular weight is 209 g/mol. The standard InChI is InChI=1S/3ClH.Fe.HNO2/c;;;;2-1-3/h3*1H;;(H,2,3)/q;;;+3;/p-3. The maximum absolute atomic E-state index is 8.11. The minimum atomic E-state index is -1.33. The van der Waals surface area contributed by atoms with Gasteiger partial charge in [-0.25, -0.2) is 0 Å². The zero-order chi connectivity index (χ0) is 6.28. The van der Waals surface area contributed by atoms with Gasteiger partial charge in [0.25, 0.3) is 0 Å². The van der Waals surface area contributed by atoms with Gasteiger partial charge in [0.2, 0.25) is 0 Å². The summed E-state index contributed by atoms with van der Waals surface area (Å²) in [5, 5.41) is 7.89. The topological polar surface area (TPSA) is 49.7 Å². The van der Waals surface area contributed by atoms with Crippen LogP contribution in [-0.2, 0) is 11.2 Å². The molecule has 0 unspecified atom stereocenters. The molecule has 0 saturated heterocycles. The first kappa shape index (κ1) is 10.7. The third-order valence-electron chi connectivity index (χ3n) is 0. The van der Waals surface area contributed by atoms with Gasteiger partial charge < -0.3 is 5.21 Å². The van der Waals surface area contributed by atoms with E-state index in [1.165, 1.54) is 5.34 Å². The van der Waals surface area contributed by atoms with Crippen LogP contribution < -0.4 is 0 Å². The van der Waals surface area contributed by atoms with Crippen LogP contribution in [0.3, 0.4) is 0 Å². The summed E-state index contributed by atoms with van der Waals surface area (Å²) in [6.45, 7) is 0. The van der Waals surface area contributed by atoms with Crippen LogP contribution in [0.5, 0.6) is 0 Å². The first-order valence-electron chi connectivity index (χ1n) is 0.783. The summed E-state index contributed by atoms with van der Waals surface area (Å²) in [7, 11) is 14.7. The predicted molar refractivity (Wildman–Crippen MR) is 25.1 cm³/mol. The van der Waals surface area contributed by atoms with Crippen molar-refractivity contribution in [2.45, 2.75) is 0 Å². The Morgan fingerprint density at radius 1 is 1.43 bits per heavy atom. The first-order chi connectivity index (χ1) is 3.15. The SMILES string of the molecule is O=NO.[Cl][Fe]([Cl])[Cl]. The number of rotatable bonds is 0. The van der Waals surface area contributed by atoms with Crippen LogP contribution in [0, 0.1) is 4.91 Å². The van der Waals surface area contributed by atoms with Crippen molar-refractivity contribution in [1.82, 2.24) is 0 Å². The molecule has 1 N–H and O–H groups in total. The van der Waals surface area contributed by atoms with Gasteiger partial charge in [-0.15, -0.1) is 4.91 Å². The van der Waals surface area contributed by atoms with Gasteiger partial charge in [-0.05, 0) is 0 Å². The van der Waals surface area contributed by atoms with Crippen molar-refractivity contribution in [1.29, 1.82) is 0 Å². The van der Waals surface area contributed by atoms with Crippen molar-refractivity contribution in [2.24, 2.45) is 5.34 Å². The second-order valence-corrected chi connectivity index (χ2v) is 5.70. The zero-order valence-corrected chi connectivity index (χ0v) is 6.16. The molecule has 0 rings (SSSR count). The number of hydrogen-bond donors (Lipinski definition) is 1. The Morgan fingerprint density at radius 3 is 1.43 bits per heavy atom. The molecule has 0 radical (unpaired) electrons. The van der Waals surface area contributed by atoms with Crippen LogP contribution in [0.25, 0.3) is 0 Å². The van der Waals surface area contributed by atoms with Gasteiger partial charge in [0.1, 0.15) is 0 Å². The van der Waals surface area contributed by atoms with E-state index in [-0.39, 0.29) is 0 Å². The molecule has 0 saturated carbocycles. The van der Waals surface area contributed by atoms with Crippen molar-refractivity contribution in [2.75, 3.05) is 0 Å². The molecule has 0 aliphatic carbocycles. The Bertz CT molecular complexity index is 37.2. The molecule has 0 spiro atoms. The summed E-state index contributed by atoms with van der Waals surface area (Å²) in [5.74, 6) is 0. The van der Waals surface area contributed by atoms with E-state index in [1.54, 1.807) is 0 Å². The van der Waals surface area contributed by atoms with E-state index in [4.69, 9.17) is 40.4 Å². The van der Waals surface area contributed by atoms with Crippen LogP contribution in [0.2, 0.25) is 0 Å². The molecular formula is HCl3FeNO2. The fourth-order valence-electron chi connectivity index (χ4n) is 0. The summed E-state index contributed by atoms with van der Waals surface area (Å²) in [5.41, 5.74) is 0. The van der Waals surface area contributed by atoms with Gasteiger partial charge in [-0.2, -0.15) is 0 Å². The molecule has 47 valence electrons. The summed E-state index contributed by atoms with van der Waals surface area (Å²) < 4.78 is 0. The molecular weight excluding hydrogens is 208 g/mol. The Hall–Kier alpha value is 0.789. The van der Waals surface area contributed by atoms with Crippen molar-refractivity contribution < 1.29 is 16.4 Å². The fraction of sp³-hybridized carbons (Fsp3) is 0. The number of halogens is 3. The van der Waals surface area contributed by atoms with Gasteiger partial charge in [0, 0.05) is 0 Å². The third-order valence-corrected chi connectivity index (χ3v) is 0. The molecule has 0 amide bonds. The predicted octanol–water partition coefficient (Wildman–Crippen LogP) is 2.21. The molecule has 0 aromatic heterocycles. The average Bonchev–Trinajstić information content (AvgIpc) is 1.33. The monoisotopic (exact) mass is 208 g/mol. The van der Waals surface area contributed by atoms with Gasteiger partial charge in [0.15, 0.2) is 5.34 Å². The van der Waals surface area contributed by atoms with Gasteiger partial charge >= 0.3 is 41.5 Å². The first-order valence-corrected chi connectivity index (χ1v) is 5.34. The molecule has 7 heavy (non-hydrogen) atoms. The van der Waals surface area contributed by atoms with E-state index >= 15 is 0 Å². The van der Waals surface area contributed by atoms with Crippen LogP contribution >= 0.6 is 30.3 Å². The van der Waals surface area contributed by atoms with E-state index in [0.29, 0.717) is 0 Å². The fourth-order valence-corrected chi connectivity index (χ4v) is 0. The molecule has 0 heterocycles. The molecule has 3 nitrogen and oxygen atoms in total. The summed E-state index contributed by atoms with van der Waals surface area (Å²) in [6, 6.07) is 0. The Balaban J connectivity index is 0. The molecule has 0 bridgehead atoms. The minimum absolute atomic E-state index is 1.25. The van der Waals surface area contributed by atoms with Crippen molar-refractivity contribution in [3.63, 3.8) is 0 Å². The van der Waals surface area contributed by atoms with Crippen molar-refractivity contribution >= 4 is 30.3 Å². The molecule has 0 aliphatic rings. The third kappa shape index (κ3) is 250. The zero-order valence-electron chi connectivity index (χ0n) is 2.79. The van der Waals surface area contributed by atoms with E-state index in [1.807, 2.05) is 0 Å². The van der Waals surface area contributed by atoms with Crippen LogP contribution in [-0.4, -0.2) is 5.21 Å². The maximum atomic E-state index is 8.11. The van der Waals surface area contributed by atoms with Gasteiger partial charge in [0.05, 0.1) is 0 Å². The van der Waals surface area contributed by atoms with Crippen molar-refractivity contribution in [3.8, 4) is 0 Å². The molecule has 0 atom stereocenters. The van der Waals surface area contributed by atoms with E-state index < -0.39 is 11.2 Å². The summed E-state index contributed by atoms with van der Waals surface area (Å²) in [6.07, 6.45) is 0. The molecule has 7 heteroatoms. The molecule has 0 aromatic rings. The van der Waals surface area contributed by atoms with Crippen LogP contribution in [0.1, 0.15) is 0 Å². The molecule has 0 fully saturated rings. The van der Waals surface area contributed by atoms with Crippen LogP contribution in [0.15, 0.2) is 5.34 Å². The Labute approximate surface area is 57.0 Å².